The van der Waals surface area contributed by atoms with Gasteiger partial charge in [-0.15, -0.1) is 11.3 Å². The molecule has 0 radical (unpaired) electrons. The lowest BCUT2D eigenvalue weighted by Gasteiger charge is -2.14. The van der Waals surface area contributed by atoms with Gasteiger partial charge in [-0.2, -0.15) is 0 Å². The van der Waals surface area contributed by atoms with Crippen LogP contribution in [0.1, 0.15) is 29.0 Å². The van der Waals surface area contributed by atoms with Crippen LogP contribution in [0.5, 0.6) is 0 Å². The number of rotatable bonds is 6. The molecule has 0 amide bonds. The van der Waals surface area contributed by atoms with Crippen LogP contribution in [0.2, 0.25) is 0 Å². The van der Waals surface area contributed by atoms with Crippen molar-refractivity contribution in [1.82, 2.24) is 9.80 Å². The van der Waals surface area contributed by atoms with E-state index in [1.807, 2.05) is 23.5 Å². The first-order valence-electron chi connectivity index (χ1n) is 7.29. The Morgan fingerprint density at radius 1 is 1.30 bits per heavy atom. The van der Waals surface area contributed by atoms with Gasteiger partial charge >= 0.3 is 0 Å². The quantitative estimate of drug-likeness (QED) is 0.811. The zero-order valence-electron chi connectivity index (χ0n) is 12.0. The molecular formula is C16H22N2OS. The van der Waals surface area contributed by atoms with Crippen LogP contribution < -0.4 is 0 Å². The number of furan rings is 1. The summed E-state index contributed by atoms with van der Waals surface area (Å²) in [6.45, 7) is 5.52. The molecule has 0 saturated carbocycles. The van der Waals surface area contributed by atoms with Crippen LogP contribution in [0.3, 0.4) is 0 Å². The number of thiophene rings is 1. The molecule has 0 aliphatic carbocycles. The van der Waals surface area contributed by atoms with Crippen molar-refractivity contribution in [3.05, 3.63) is 46.0 Å². The largest absolute Gasteiger partial charge is 0.468 e. The SMILES string of the molecule is CN(Cc1ccco1)Cc1cc(CN2CCCC2)cs1. The van der Waals surface area contributed by atoms with Gasteiger partial charge in [-0.25, -0.2) is 0 Å². The van der Waals surface area contributed by atoms with E-state index in [1.165, 1.54) is 36.4 Å². The second-order valence-electron chi connectivity index (χ2n) is 5.66. The number of hydrogen-bond donors (Lipinski definition) is 0. The van der Waals surface area contributed by atoms with Crippen LogP contribution >= 0.6 is 11.3 Å². The zero-order valence-corrected chi connectivity index (χ0v) is 12.9. The Morgan fingerprint density at radius 2 is 2.15 bits per heavy atom. The summed E-state index contributed by atoms with van der Waals surface area (Å²) in [5, 5.41) is 2.31. The molecule has 0 atom stereocenters. The highest BCUT2D eigenvalue weighted by atomic mass is 32.1. The predicted molar refractivity (Wildman–Crippen MR) is 82.7 cm³/mol. The number of likely N-dealkylation sites (tertiary alicyclic amines) is 1. The molecule has 0 N–H and O–H groups in total. The van der Waals surface area contributed by atoms with Crippen molar-refractivity contribution in [3.63, 3.8) is 0 Å². The summed E-state index contributed by atoms with van der Waals surface area (Å²) in [5.41, 5.74) is 1.47. The number of nitrogens with zero attached hydrogens (tertiary/aromatic N) is 2. The van der Waals surface area contributed by atoms with Crippen molar-refractivity contribution in [1.29, 1.82) is 0 Å². The highest BCUT2D eigenvalue weighted by Gasteiger charge is 2.13. The first kappa shape index (κ1) is 13.9. The molecule has 0 bridgehead atoms. The summed E-state index contributed by atoms with van der Waals surface area (Å²) >= 11 is 1.87. The molecular weight excluding hydrogens is 268 g/mol. The second-order valence-corrected chi connectivity index (χ2v) is 6.65. The Labute approximate surface area is 124 Å². The Kier molecular flexibility index (Phi) is 4.55. The van der Waals surface area contributed by atoms with Crippen molar-refractivity contribution < 1.29 is 4.42 Å². The minimum absolute atomic E-state index is 0.867. The lowest BCUT2D eigenvalue weighted by atomic mass is 10.3. The van der Waals surface area contributed by atoms with Gasteiger partial charge in [0.2, 0.25) is 0 Å². The molecule has 1 aliphatic rings. The third kappa shape index (κ3) is 3.72. The monoisotopic (exact) mass is 290 g/mol. The Morgan fingerprint density at radius 3 is 2.90 bits per heavy atom. The molecule has 20 heavy (non-hydrogen) atoms. The molecule has 108 valence electrons. The van der Waals surface area contributed by atoms with Gasteiger partial charge in [-0.1, -0.05) is 0 Å². The smallest absolute Gasteiger partial charge is 0.117 e. The average Bonchev–Trinajstić information content (AvgIpc) is 3.12. The standard InChI is InChI=1S/C16H22N2OS/c1-17(11-15-5-4-8-19-15)12-16-9-14(13-20-16)10-18-6-2-3-7-18/h4-5,8-9,13H,2-3,6-7,10-12H2,1H3. The average molecular weight is 290 g/mol. The molecule has 3 rings (SSSR count). The van der Waals surface area contributed by atoms with E-state index in [4.69, 9.17) is 4.42 Å². The summed E-state index contributed by atoms with van der Waals surface area (Å²) in [4.78, 5) is 6.29. The third-order valence-electron chi connectivity index (χ3n) is 3.74. The molecule has 1 fully saturated rings. The molecule has 0 spiro atoms. The van der Waals surface area contributed by atoms with Crippen LogP contribution in [0.4, 0.5) is 0 Å². The Hall–Kier alpha value is -1.10. The first-order chi connectivity index (χ1) is 9.79. The van der Waals surface area contributed by atoms with Gasteiger partial charge in [-0.3, -0.25) is 9.80 Å². The maximum absolute atomic E-state index is 5.39. The lowest BCUT2D eigenvalue weighted by Crippen LogP contribution is -2.18. The van der Waals surface area contributed by atoms with Crippen LogP contribution in [0.15, 0.2) is 34.3 Å². The molecule has 3 heterocycles. The summed E-state index contributed by atoms with van der Waals surface area (Å²) in [6, 6.07) is 6.34. The van der Waals surface area contributed by atoms with Crippen molar-refractivity contribution in [2.75, 3.05) is 20.1 Å². The van der Waals surface area contributed by atoms with Gasteiger partial charge < -0.3 is 4.42 Å². The van der Waals surface area contributed by atoms with Crippen molar-refractivity contribution in [2.45, 2.75) is 32.5 Å². The van der Waals surface area contributed by atoms with Gasteiger partial charge in [0.05, 0.1) is 12.8 Å². The van der Waals surface area contributed by atoms with Crippen LogP contribution in [-0.4, -0.2) is 29.9 Å². The minimum atomic E-state index is 0.867. The topological polar surface area (TPSA) is 19.6 Å². The fraction of sp³-hybridized carbons (Fsp3) is 0.500. The van der Waals surface area contributed by atoms with Gasteiger partial charge in [0.1, 0.15) is 5.76 Å². The van der Waals surface area contributed by atoms with Crippen molar-refractivity contribution in [3.8, 4) is 0 Å². The van der Waals surface area contributed by atoms with E-state index in [0.717, 1.165) is 25.4 Å². The van der Waals surface area contributed by atoms with Crippen LogP contribution in [0.25, 0.3) is 0 Å². The fourth-order valence-corrected chi connectivity index (χ4v) is 3.74. The van der Waals surface area contributed by atoms with E-state index in [9.17, 15) is 0 Å². The molecule has 0 aromatic carbocycles. The van der Waals surface area contributed by atoms with Gasteiger partial charge in [0.15, 0.2) is 0 Å². The highest BCUT2D eigenvalue weighted by molar-refractivity contribution is 7.10. The lowest BCUT2D eigenvalue weighted by molar-refractivity contribution is 0.290. The second kappa shape index (κ2) is 6.57. The van der Waals surface area contributed by atoms with Gasteiger partial charge in [0, 0.05) is 18.0 Å². The maximum atomic E-state index is 5.39. The number of hydrogen-bond acceptors (Lipinski definition) is 4. The molecule has 4 heteroatoms. The van der Waals surface area contributed by atoms with E-state index in [0.29, 0.717) is 0 Å². The normalized spacial score (nSPS) is 16.3. The summed E-state index contributed by atoms with van der Waals surface area (Å²) in [6.07, 6.45) is 4.47. The third-order valence-corrected chi connectivity index (χ3v) is 4.71. The summed E-state index contributed by atoms with van der Waals surface area (Å²) < 4.78 is 5.39. The summed E-state index contributed by atoms with van der Waals surface area (Å²) in [7, 11) is 2.14. The molecule has 2 aromatic heterocycles. The van der Waals surface area contributed by atoms with E-state index < -0.39 is 0 Å². The summed E-state index contributed by atoms with van der Waals surface area (Å²) in [5.74, 6) is 1.03. The molecule has 1 saturated heterocycles. The Bertz CT molecular complexity index is 514. The zero-order chi connectivity index (χ0) is 13.8. The van der Waals surface area contributed by atoms with Gasteiger partial charge in [-0.05, 0) is 62.1 Å². The minimum Gasteiger partial charge on any atom is -0.468 e. The Balaban J connectivity index is 1.51. The van der Waals surface area contributed by atoms with Crippen LogP contribution in [-0.2, 0) is 19.6 Å². The van der Waals surface area contributed by atoms with Crippen molar-refractivity contribution in [2.24, 2.45) is 0 Å². The fourth-order valence-electron chi connectivity index (χ4n) is 2.78. The van der Waals surface area contributed by atoms with Gasteiger partial charge in [0.25, 0.3) is 0 Å². The van der Waals surface area contributed by atoms with E-state index in [-0.39, 0.29) is 0 Å². The molecule has 1 aliphatic heterocycles. The molecule has 2 aromatic rings. The maximum Gasteiger partial charge on any atom is 0.117 e. The van der Waals surface area contributed by atoms with Crippen LogP contribution in [0, 0.1) is 0 Å². The molecule has 3 nitrogen and oxygen atoms in total. The molecule has 0 unspecified atom stereocenters. The van der Waals surface area contributed by atoms with Crippen molar-refractivity contribution >= 4 is 11.3 Å². The van der Waals surface area contributed by atoms with E-state index in [2.05, 4.69) is 28.3 Å². The first-order valence-corrected chi connectivity index (χ1v) is 8.17. The predicted octanol–water partition coefficient (Wildman–Crippen LogP) is 3.57. The van der Waals surface area contributed by atoms with E-state index in [1.54, 1.807) is 6.26 Å². The highest BCUT2D eigenvalue weighted by Crippen LogP contribution is 2.20. The van der Waals surface area contributed by atoms with E-state index >= 15 is 0 Å².